The molecule has 0 amide bonds. The van der Waals surface area contributed by atoms with Crippen LogP contribution in [0.2, 0.25) is 0 Å². The monoisotopic (exact) mass is 333 g/mol. The average Bonchev–Trinajstić information content (AvgIpc) is 2.75. The predicted molar refractivity (Wildman–Crippen MR) is 73.5 cm³/mol. The lowest BCUT2D eigenvalue weighted by Gasteiger charge is -1.96. The Labute approximate surface area is 115 Å². The molecule has 0 aliphatic heterocycles. The summed E-state index contributed by atoms with van der Waals surface area (Å²) >= 11 is 5.00. The summed E-state index contributed by atoms with van der Waals surface area (Å²) in [5.41, 5.74) is 0.871. The summed E-state index contributed by atoms with van der Waals surface area (Å²) in [6.07, 6.45) is 0. The van der Waals surface area contributed by atoms with Gasteiger partial charge in [-0.3, -0.25) is 4.21 Å². The Hall–Kier alpha value is -0.460. The Balaban J connectivity index is 1.97. The van der Waals surface area contributed by atoms with Crippen LogP contribution in [0.25, 0.3) is 0 Å². The SMILES string of the molecule is Cc1nc(C[S@@](=O)Cc2ccc(Br)s2)oc1C. The van der Waals surface area contributed by atoms with Crippen molar-refractivity contribution in [2.24, 2.45) is 0 Å². The molecule has 0 N–H and O–H groups in total. The molecule has 0 aliphatic carbocycles. The summed E-state index contributed by atoms with van der Waals surface area (Å²) in [5.74, 6) is 2.30. The molecule has 0 unspecified atom stereocenters. The van der Waals surface area contributed by atoms with Gasteiger partial charge in [0, 0.05) is 15.7 Å². The van der Waals surface area contributed by atoms with Crippen LogP contribution >= 0.6 is 27.3 Å². The largest absolute Gasteiger partial charge is 0.445 e. The summed E-state index contributed by atoms with van der Waals surface area (Å²) in [5, 5.41) is 0. The van der Waals surface area contributed by atoms with Crippen LogP contribution in [0.1, 0.15) is 22.2 Å². The lowest BCUT2D eigenvalue weighted by Crippen LogP contribution is -1.98. The van der Waals surface area contributed by atoms with Crippen molar-refractivity contribution in [1.82, 2.24) is 4.98 Å². The molecular formula is C11H12BrNO2S2. The first-order chi connectivity index (χ1) is 8.04. The summed E-state index contributed by atoms with van der Waals surface area (Å²) in [6.45, 7) is 3.76. The zero-order chi connectivity index (χ0) is 12.4. The number of hydrogen-bond donors (Lipinski definition) is 0. The van der Waals surface area contributed by atoms with Crippen LogP contribution < -0.4 is 0 Å². The predicted octanol–water partition coefficient (Wildman–Crippen LogP) is 3.56. The quantitative estimate of drug-likeness (QED) is 0.859. The van der Waals surface area contributed by atoms with E-state index in [0.29, 0.717) is 17.4 Å². The van der Waals surface area contributed by atoms with E-state index in [-0.39, 0.29) is 0 Å². The van der Waals surface area contributed by atoms with Crippen molar-refractivity contribution in [2.45, 2.75) is 25.4 Å². The fourth-order valence-corrected chi connectivity index (χ4v) is 4.20. The Morgan fingerprint density at radius 2 is 2.18 bits per heavy atom. The molecule has 0 aromatic carbocycles. The van der Waals surface area contributed by atoms with Gasteiger partial charge in [-0.15, -0.1) is 11.3 Å². The minimum absolute atomic E-state index is 0.379. The number of thiophene rings is 1. The van der Waals surface area contributed by atoms with Gasteiger partial charge in [0.2, 0.25) is 5.89 Å². The minimum atomic E-state index is -0.970. The fraction of sp³-hybridized carbons (Fsp3) is 0.364. The third-order valence-electron chi connectivity index (χ3n) is 2.29. The van der Waals surface area contributed by atoms with Crippen LogP contribution in [0.3, 0.4) is 0 Å². The van der Waals surface area contributed by atoms with Gasteiger partial charge in [-0.25, -0.2) is 4.98 Å². The molecular weight excluding hydrogens is 322 g/mol. The van der Waals surface area contributed by atoms with Crippen molar-refractivity contribution in [2.75, 3.05) is 0 Å². The van der Waals surface area contributed by atoms with Crippen LogP contribution in [0.5, 0.6) is 0 Å². The second kappa shape index (κ2) is 5.46. The highest BCUT2D eigenvalue weighted by Crippen LogP contribution is 2.23. The van der Waals surface area contributed by atoms with Crippen molar-refractivity contribution < 1.29 is 8.63 Å². The lowest BCUT2D eigenvalue weighted by atomic mass is 10.4. The molecule has 17 heavy (non-hydrogen) atoms. The summed E-state index contributed by atoms with van der Waals surface area (Å²) in [6, 6.07) is 3.95. The molecule has 0 radical (unpaired) electrons. The molecule has 2 aromatic heterocycles. The number of aryl methyl sites for hydroxylation is 2. The van der Waals surface area contributed by atoms with Gasteiger partial charge in [0.25, 0.3) is 0 Å². The van der Waals surface area contributed by atoms with E-state index in [9.17, 15) is 4.21 Å². The van der Waals surface area contributed by atoms with Crippen LogP contribution in [-0.4, -0.2) is 9.19 Å². The van der Waals surface area contributed by atoms with E-state index in [4.69, 9.17) is 4.42 Å². The van der Waals surface area contributed by atoms with Crippen molar-refractivity contribution >= 4 is 38.1 Å². The molecule has 2 heterocycles. The molecule has 1 atom stereocenters. The maximum absolute atomic E-state index is 11.9. The van der Waals surface area contributed by atoms with Gasteiger partial charge in [-0.2, -0.15) is 0 Å². The van der Waals surface area contributed by atoms with E-state index in [2.05, 4.69) is 20.9 Å². The number of hydrogen-bond acceptors (Lipinski definition) is 4. The third kappa shape index (κ3) is 3.50. The zero-order valence-corrected chi connectivity index (χ0v) is 12.7. The topological polar surface area (TPSA) is 43.1 Å². The van der Waals surface area contributed by atoms with Crippen molar-refractivity contribution in [3.8, 4) is 0 Å². The Bertz CT molecular complexity index is 528. The molecule has 0 saturated heterocycles. The number of rotatable bonds is 4. The fourth-order valence-electron chi connectivity index (χ4n) is 1.38. The molecule has 2 rings (SSSR count). The molecule has 2 aromatic rings. The minimum Gasteiger partial charge on any atom is -0.445 e. The van der Waals surface area contributed by atoms with Crippen molar-refractivity contribution in [3.63, 3.8) is 0 Å². The summed E-state index contributed by atoms with van der Waals surface area (Å²) in [7, 11) is -0.970. The number of oxazole rings is 1. The van der Waals surface area contributed by atoms with E-state index < -0.39 is 10.8 Å². The maximum atomic E-state index is 11.9. The Morgan fingerprint density at radius 3 is 2.71 bits per heavy atom. The van der Waals surface area contributed by atoms with Gasteiger partial charge < -0.3 is 4.42 Å². The lowest BCUT2D eigenvalue weighted by molar-refractivity contribution is 0.487. The van der Waals surface area contributed by atoms with E-state index >= 15 is 0 Å². The van der Waals surface area contributed by atoms with E-state index in [0.717, 1.165) is 20.1 Å². The maximum Gasteiger partial charge on any atom is 0.207 e. The van der Waals surface area contributed by atoms with Crippen LogP contribution in [0, 0.1) is 13.8 Å². The number of aromatic nitrogens is 1. The number of halogens is 1. The summed E-state index contributed by atoms with van der Waals surface area (Å²) < 4.78 is 18.4. The molecule has 6 heteroatoms. The molecule has 0 saturated carbocycles. The van der Waals surface area contributed by atoms with E-state index in [1.165, 1.54) is 0 Å². The highest BCUT2D eigenvalue weighted by atomic mass is 79.9. The van der Waals surface area contributed by atoms with Crippen LogP contribution in [0.4, 0.5) is 0 Å². The van der Waals surface area contributed by atoms with E-state index in [1.54, 1.807) is 11.3 Å². The van der Waals surface area contributed by atoms with Gasteiger partial charge in [0.05, 0.1) is 15.2 Å². The average molecular weight is 334 g/mol. The van der Waals surface area contributed by atoms with E-state index in [1.807, 2.05) is 26.0 Å². The van der Waals surface area contributed by atoms with Crippen LogP contribution in [0.15, 0.2) is 20.3 Å². The highest BCUT2D eigenvalue weighted by Gasteiger charge is 2.11. The normalized spacial score (nSPS) is 12.9. The zero-order valence-electron chi connectivity index (χ0n) is 9.53. The molecule has 0 bridgehead atoms. The Kier molecular flexibility index (Phi) is 4.17. The van der Waals surface area contributed by atoms with Gasteiger partial charge in [0.15, 0.2) is 0 Å². The van der Waals surface area contributed by atoms with Crippen LogP contribution in [-0.2, 0) is 22.3 Å². The molecule has 0 aliphatic rings. The van der Waals surface area contributed by atoms with Crippen molar-refractivity contribution in [1.29, 1.82) is 0 Å². The second-order valence-corrected chi connectivity index (χ2v) is 7.69. The third-order valence-corrected chi connectivity index (χ3v) is 5.30. The standard InChI is InChI=1S/C11H12BrNO2S2/c1-7-8(2)15-11(13-7)6-17(14)5-9-3-4-10(12)16-9/h3-4H,5-6H2,1-2H3/t17-/m0/s1. The van der Waals surface area contributed by atoms with Gasteiger partial charge in [0.1, 0.15) is 11.5 Å². The van der Waals surface area contributed by atoms with Gasteiger partial charge in [-0.1, -0.05) is 0 Å². The smallest absolute Gasteiger partial charge is 0.207 e. The number of nitrogens with zero attached hydrogens (tertiary/aromatic N) is 1. The van der Waals surface area contributed by atoms with Gasteiger partial charge in [-0.05, 0) is 41.9 Å². The highest BCUT2D eigenvalue weighted by molar-refractivity contribution is 9.11. The van der Waals surface area contributed by atoms with Gasteiger partial charge >= 0.3 is 0 Å². The first kappa shape index (κ1) is 13.0. The molecule has 92 valence electrons. The molecule has 0 fully saturated rings. The van der Waals surface area contributed by atoms with Crippen molar-refractivity contribution in [3.05, 3.63) is 38.1 Å². The summed E-state index contributed by atoms with van der Waals surface area (Å²) in [4.78, 5) is 5.34. The molecule has 3 nitrogen and oxygen atoms in total. The first-order valence-electron chi connectivity index (χ1n) is 5.06. The first-order valence-corrected chi connectivity index (χ1v) is 8.16. The Morgan fingerprint density at radius 1 is 1.41 bits per heavy atom. The second-order valence-electron chi connectivity index (χ2n) is 3.68. The molecule has 0 spiro atoms.